The van der Waals surface area contributed by atoms with Crippen molar-refractivity contribution in [2.45, 2.75) is 19.8 Å². The number of ether oxygens (including phenoxy) is 1. The molecule has 13 heavy (non-hydrogen) atoms. The molecule has 0 spiro atoms. The van der Waals surface area contributed by atoms with Gasteiger partial charge in [-0.2, -0.15) is 0 Å². The highest BCUT2D eigenvalue weighted by molar-refractivity contribution is 5.71. The van der Waals surface area contributed by atoms with Gasteiger partial charge in [0.1, 0.15) is 0 Å². The van der Waals surface area contributed by atoms with E-state index in [2.05, 4.69) is 6.92 Å². The lowest BCUT2D eigenvalue weighted by molar-refractivity contribution is -0.158. The zero-order valence-corrected chi connectivity index (χ0v) is 7.90. The SMILES string of the molecule is CC1CC2COCC(C1)C2C(=O)O. The number of carbonyl (C=O) groups is 1. The van der Waals surface area contributed by atoms with Crippen molar-refractivity contribution in [1.82, 2.24) is 0 Å². The highest BCUT2D eigenvalue weighted by Gasteiger charge is 2.43. The Hall–Kier alpha value is -0.570. The van der Waals surface area contributed by atoms with E-state index in [-0.39, 0.29) is 17.8 Å². The van der Waals surface area contributed by atoms with Crippen molar-refractivity contribution in [2.75, 3.05) is 13.2 Å². The molecule has 0 aromatic heterocycles. The smallest absolute Gasteiger partial charge is 0.307 e. The summed E-state index contributed by atoms with van der Waals surface area (Å²) in [5.74, 6) is 0.449. The lowest BCUT2D eigenvalue weighted by Crippen LogP contribution is -2.45. The Bertz CT molecular complexity index is 200. The second-order valence-electron chi connectivity index (χ2n) is 4.50. The maximum Gasteiger partial charge on any atom is 0.307 e. The zero-order valence-electron chi connectivity index (χ0n) is 7.90. The molecule has 0 amide bonds. The first-order valence-corrected chi connectivity index (χ1v) is 4.99. The molecule has 2 rings (SSSR count). The van der Waals surface area contributed by atoms with Crippen LogP contribution in [0.1, 0.15) is 19.8 Å². The summed E-state index contributed by atoms with van der Waals surface area (Å²) in [4.78, 5) is 11.0. The fraction of sp³-hybridized carbons (Fsp3) is 0.900. The fourth-order valence-corrected chi connectivity index (χ4v) is 2.93. The first-order chi connectivity index (χ1) is 6.18. The third-order valence-electron chi connectivity index (χ3n) is 3.37. The summed E-state index contributed by atoms with van der Waals surface area (Å²) < 4.78 is 5.40. The first-order valence-electron chi connectivity index (χ1n) is 4.99. The number of aliphatic carboxylic acids is 1. The normalized spacial score (nSPS) is 44.4. The van der Waals surface area contributed by atoms with Gasteiger partial charge in [0.25, 0.3) is 0 Å². The zero-order chi connectivity index (χ0) is 9.42. The molecule has 0 aromatic carbocycles. The molecule has 3 heteroatoms. The number of rotatable bonds is 1. The van der Waals surface area contributed by atoms with E-state index < -0.39 is 5.97 Å². The molecule has 1 saturated carbocycles. The Labute approximate surface area is 78.1 Å². The molecule has 2 bridgehead atoms. The average molecular weight is 184 g/mol. The number of hydrogen-bond acceptors (Lipinski definition) is 2. The van der Waals surface area contributed by atoms with Gasteiger partial charge < -0.3 is 9.84 Å². The maximum absolute atomic E-state index is 11.0. The lowest BCUT2D eigenvalue weighted by atomic mass is 9.67. The Morgan fingerprint density at radius 2 is 1.85 bits per heavy atom. The molecule has 1 heterocycles. The predicted octanol–water partition coefficient (Wildman–Crippen LogP) is 1.38. The summed E-state index contributed by atoms with van der Waals surface area (Å²) in [6.07, 6.45) is 2.04. The Morgan fingerprint density at radius 1 is 1.31 bits per heavy atom. The highest BCUT2D eigenvalue weighted by atomic mass is 16.5. The topological polar surface area (TPSA) is 46.5 Å². The summed E-state index contributed by atoms with van der Waals surface area (Å²) in [5, 5.41) is 9.07. The number of fused-ring (bicyclic) bond motifs is 2. The predicted molar refractivity (Wildman–Crippen MR) is 47.3 cm³/mol. The minimum atomic E-state index is -0.620. The molecule has 1 saturated heterocycles. The lowest BCUT2D eigenvalue weighted by Gasteiger charge is -2.42. The Balaban J connectivity index is 2.14. The summed E-state index contributed by atoms with van der Waals surface area (Å²) >= 11 is 0. The highest BCUT2D eigenvalue weighted by Crippen LogP contribution is 2.41. The van der Waals surface area contributed by atoms with Crippen LogP contribution < -0.4 is 0 Å². The van der Waals surface area contributed by atoms with E-state index in [0.717, 1.165) is 12.8 Å². The Morgan fingerprint density at radius 3 is 2.31 bits per heavy atom. The van der Waals surface area contributed by atoms with Gasteiger partial charge in [-0.15, -0.1) is 0 Å². The van der Waals surface area contributed by atoms with Crippen LogP contribution in [0.2, 0.25) is 0 Å². The average Bonchev–Trinajstić information content (AvgIpc) is 2.01. The van der Waals surface area contributed by atoms with Gasteiger partial charge >= 0.3 is 5.97 Å². The second-order valence-corrected chi connectivity index (χ2v) is 4.50. The van der Waals surface area contributed by atoms with Crippen LogP contribution in [0.3, 0.4) is 0 Å². The van der Waals surface area contributed by atoms with E-state index >= 15 is 0 Å². The number of carboxylic acids is 1. The molecule has 3 nitrogen and oxygen atoms in total. The Kier molecular flexibility index (Phi) is 2.28. The molecule has 1 aliphatic carbocycles. The van der Waals surface area contributed by atoms with Gasteiger partial charge in [-0.25, -0.2) is 0 Å². The third-order valence-corrected chi connectivity index (χ3v) is 3.37. The van der Waals surface area contributed by atoms with Crippen molar-refractivity contribution in [3.05, 3.63) is 0 Å². The van der Waals surface area contributed by atoms with Crippen LogP contribution in [0.4, 0.5) is 0 Å². The fourth-order valence-electron chi connectivity index (χ4n) is 2.93. The molecule has 1 N–H and O–H groups in total. The molecular formula is C10H16O3. The van der Waals surface area contributed by atoms with Gasteiger partial charge in [-0.3, -0.25) is 4.79 Å². The molecule has 2 fully saturated rings. The van der Waals surface area contributed by atoms with Crippen LogP contribution in [0.5, 0.6) is 0 Å². The van der Waals surface area contributed by atoms with Crippen molar-refractivity contribution in [2.24, 2.45) is 23.7 Å². The largest absolute Gasteiger partial charge is 0.481 e. The van der Waals surface area contributed by atoms with Crippen LogP contribution in [0.25, 0.3) is 0 Å². The van der Waals surface area contributed by atoms with E-state index in [9.17, 15) is 4.79 Å². The van der Waals surface area contributed by atoms with Gasteiger partial charge in [0.05, 0.1) is 19.1 Å². The van der Waals surface area contributed by atoms with Crippen LogP contribution in [-0.4, -0.2) is 24.3 Å². The van der Waals surface area contributed by atoms with Gasteiger partial charge in [-0.1, -0.05) is 6.92 Å². The van der Waals surface area contributed by atoms with Crippen molar-refractivity contribution in [1.29, 1.82) is 0 Å². The number of hydrogen-bond donors (Lipinski definition) is 1. The van der Waals surface area contributed by atoms with Crippen LogP contribution in [0, 0.1) is 23.7 Å². The summed E-state index contributed by atoms with van der Waals surface area (Å²) in [5.41, 5.74) is 0. The van der Waals surface area contributed by atoms with Gasteiger partial charge in [0, 0.05) is 0 Å². The third kappa shape index (κ3) is 1.57. The first kappa shape index (κ1) is 9.00. The monoisotopic (exact) mass is 184 g/mol. The molecule has 2 unspecified atom stereocenters. The van der Waals surface area contributed by atoms with Crippen LogP contribution >= 0.6 is 0 Å². The molecular weight excluding hydrogens is 168 g/mol. The molecule has 0 aromatic rings. The van der Waals surface area contributed by atoms with Gasteiger partial charge in [0.2, 0.25) is 0 Å². The van der Waals surface area contributed by atoms with E-state index in [0.29, 0.717) is 19.1 Å². The van der Waals surface area contributed by atoms with E-state index in [1.54, 1.807) is 0 Å². The minimum absolute atomic E-state index is 0.134. The summed E-state index contributed by atoms with van der Waals surface area (Å²) in [6.45, 7) is 3.51. The summed E-state index contributed by atoms with van der Waals surface area (Å²) in [7, 11) is 0. The van der Waals surface area contributed by atoms with Crippen molar-refractivity contribution < 1.29 is 14.6 Å². The van der Waals surface area contributed by atoms with Crippen LogP contribution in [0.15, 0.2) is 0 Å². The summed E-state index contributed by atoms with van der Waals surface area (Å²) in [6, 6.07) is 0. The molecule has 2 atom stereocenters. The molecule has 1 aliphatic heterocycles. The van der Waals surface area contributed by atoms with Gasteiger partial charge in [-0.05, 0) is 30.6 Å². The molecule has 2 aliphatic rings. The van der Waals surface area contributed by atoms with Gasteiger partial charge in [0.15, 0.2) is 0 Å². The van der Waals surface area contributed by atoms with E-state index in [4.69, 9.17) is 9.84 Å². The maximum atomic E-state index is 11.0. The number of carboxylic acid groups (broad SMARTS) is 1. The quantitative estimate of drug-likeness (QED) is 0.669. The van der Waals surface area contributed by atoms with Crippen LogP contribution in [-0.2, 0) is 9.53 Å². The van der Waals surface area contributed by atoms with Crippen molar-refractivity contribution in [3.8, 4) is 0 Å². The van der Waals surface area contributed by atoms with E-state index in [1.807, 2.05) is 0 Å². The van der Waals surface area contributed by atoms with Crippen molar-refractivity contribution in [3.63, 3.8) is 0 Å². The van der Waals surface area contributed by atoms with E-state index in [1.165, 1.54) is 0 Å². The molecule has 74 valence electrons. The standard InChI is InChI=1S/C10H16O3/c1-6-2-7-4-13-5-8(3-6)9(7)10(11)12/h6-9H,2-5H2,1H3,(H,11,12). The minimum Gasteiger partial charge on any atom is -0.481 e. The molecule has 0 radical (unpaired) electrons. The van der Waals surface area contributed by atoms with Crippen molar-refractivity contribution >= 4 is 5.97 Å². The second kappa shape index (κ2) is 3.29.